The van der Waals surface area contributed by atoms with E-state index < -0.39 is 5.60 Å². The molecule has 1 aliphatic rings. The number of aromatic nitrogens is 1. The molecule has 1 aliphatic heterocycles. The fraction of sp³-hybridized carbons (Fsp3) is 0.353. The third-order valence-corrected chi connectivity index (χ3v) is 3.96. The minimum atomic E-state index is -0.775. The zero-order valence-corrected chi connectivity index (χ0v) is 12.2. The van der Waals surface area contributed by atoms with Crippen LogP contribution in [-0.4, -0.2) is 39.6 Å². The average Bonchev–Trinajstić information content (AvgIpc) is 2.96. The number of hydrogen-bond donors (Lipinski definition) is 2. The normalized spacial score (nSPS) is 22.3. The zero-order valence-electron chi connectivity index (χ0n) is 12.2. The molecular weight excluding hydrogens is 264 g/mol. The summed E-state index contributed by atoms with van der Waals surface area (Å²) in [5.41, 5.74) is 1.79. The van der Waals surface area contributed by atoms with Gasteiger partial charge in [0.25, 0.3) is 5.91 Å². The van der Waals surface area contributed by atoms with E-state index in [1.54, 1.807) is 11.8 Å². The lowest BCUT2D eigenvalue weighted by molar-refractivity contribution is -0.0109. The lowest BCUT2D eigenvalue weighted by Gasteiger charge is -2.36. The number of benzene rings is 1. The Balaban J connectivity index is 1.78. The Morgan fingerprint density at radius 1 is 1.24 bits per heavy atom. The fourth-order valence-corrected chi connectivity index (χ4v) is 2.87. The molecule has 2 aromatic rings. The first-order valence-corrected chi connectivity index (χ1v) is 7.31. The molecule has 1 saturated heterocycles. The van der Waals surface area contributed by atoms with E-state index in [0.717, 1.165) is 24.1 Å². The number of rotatable bonds is 2. The van der Waals surface area contributed by atoms with Gasteiger partial charge >= 0.3 is 0 Å². The van der Waals surface area contributed by atoms with Crippen molar-refractivity contribution in [3.63, 3.8) is 0 Å². The number of H-pyrrole nitrogens is 1. The van der Waals surface area contributed by atoms with E-state index in [-0.39, 0.29) is 5.91 Å². The highest BCUT2D eigenvalue weighted by atomic mass is 16.3. The van der Waals surface area contributed by atoms with Crippen molar-refractivity contribution < 1.29 is 9.90 Å². The standard InChI is InChI=1S/C17H20N2O2/c1-17(21)10-5-11-19(12-17)16(20)15-9-8-14(18-15)13-6-3-2-4-7-13/h2-4,6-9,18,21H,5,10-12H2,1H3. The molecule has 110 valence electrons. The van der Waals surface area contributed by atoms with Crippen LogP contribution in [-0.2, 0) is 0 Å². The third kappa shape index (κ3) is 3.00. The number of carbonyl (C=O) groups excluding carboxylic acids is 1. The van der Waals surface area contributed by atoms with Crippen molar-refractivity contribution in [2.24, 2.45) is 0 Å². The zero-order chi connectivity index (χ0) is 14.9. The Morgan fingerprint density at radius 2 is 2.00 bits per heavy atom. The molecule has 4 nitrogen and oxygen atoms in total. The highest BCUT2D eigenvalue weighted by molar-refractivity contribution is 5.93. The average molecular weight is 284 g/mol. The molecule has 2 heterocycles. The van der Waals surface area contributed by atoms with Crippen LogP contribution in [0.15, 0.2) is 42.5 Å². The molecule has 2 N–H and O–H groups in total. The number of carbonyl (C=O) groups is 1. The minimum Gasteiger partial charge on any atom is -0.388 e. The number of β-amino-alcohol motifs (C(OH)–C–C–N with tert-alkyl or cyclic N) is 1. The first-order valence-electron chi connectivity index (χ1n) is 7.31. The Labute approximate surface area is 124 Å². The molecule has 0 spiro atoms. The predicted molar refractivity (Wildman–Crippen MR) is 82.0 cm³/mol. The van der Waals surface area contributed by atoms with E-state index in [2.05, 4.69) is 4.98 Å². The number of nitrogens with zero attached hydrogens (tertiary/aromatic N) is 1. The van der Waals surface area contributed by atoms with Crippen molar-refractivity contribution in [1.82, 2.24) is 9.88 Å². The summed E-state index contributed by atoms with van der Waals surface area (Å²) >= 11 is 0. The van der Waals surface area contributed by atoms with Crippen LogP contribution in [0.4, 0.5) is 0 Å². The van der Waals surface area contributed by atoms with Crippen molar-refractivity contribution in [2.45, 2.75) is 25.4 Å². The Bertz CT molecular complexity index is 631. The van der Waals surface area contributed by atoms with Gasteiger partial charge in [-0.05, 0) is 37.5 Å². The monoisotopic (exact) mass is 284 g/mol. The Morgan fingerprint density at radius 3 is 2.71 bits per heavy atom. The second-order valence-electron chi connectivity index (χ2n) is 5.98. The molecule has 1 aromatic heterocycles. The topological polar surface area (TPSA) is 56.3 Å². The Hall–Kier alpha value is -2.07. The highest BCUT2D eigenvalue weighted by Crippen LogP contribution is 2.23. The van der Waals surface area contributed by atoms with Crippen LogP contribution in [0.5, 0.6) is 0 Å². The molecule has 0 radical (unpaired) electrons. The van der Waals surface area contributed by atoms with Gasteiger partial charge in [0.05, 0.1) is 5.60 Å². The number of aromatic amines is 1. The first-order chi connectivity index (χ1) is 10.1. The number of aliphatic hydroxyl groups is 1. The highest BCUT2D eigenvalue weighted by Gasteiger charge is 2.31. The number of hydrogen-bond acceptors (Lipinski definition) is 2. The fourth-order valence-electron chi connectivity index (χ4n) is 2.87. The van der Waals surface area contributed by atoms with Crippen LogP contribution in [0.25, 0.3) is 11.3 Å². The predicted octanol–water partition coefficient (Wildman–Crippen LogP) is 2.67. The van der Waals surface area contributed by atoms with Crippen LogP contribution >= 0.6 is 0 Å². The van der Waals surface area contributed by atoms with Crippen LogP contribution in [0.2, 0.25) is 0 Å². The van der Waals surface area contributed by atoms with Gasteiger partial charge in [-0.1, -0.05) is 30.3 Å². The van der Waals surface area contributed by atoms with Gasteiger partial charge in [0.1, 0.15) is 5.69 Å². The van der Waals surface area contributed by atoms with E-state index in [1.807, 2.05) is 42.5 Å². The van der Waals surface area contributed by atoms with Gasteiger partial charge < -0.3 is 15.0 Å². The summed E-state index contributed by atoms with van der Waals surface area (Å²) in [5, 5.41) is 10.1. The number of amides is 1. The maximum atomic E-state index is 12.5. The van der Waals surface area contributed by atoms with E-state index in [9.17, 15) is 9.90 Å². The molecule has 1 fully saturated rings. The van der Waals surface area contributed by atoms with Gasteiger partial charge in [-0.2, -0.15) is 0 Å². The van der Waals surface area contributed by atoms with Crippen LogP contribution < -0.4 is 0 Å². The lowest BCUT2D eigenvalue weighted by atomic mass is 9.95. The van der Waals surface area contributed by atoms with Crippen molar-refractivity contribution in [3.8, 4) is 11.3 Å². The number of piperidine rings is 1. The van der Waals surface area contributed by atoms with E-state index >= 15 is 0 Å². The molecule has 0 aliphatic carbocycles. The summed E-state index contributed by atoms with van der Waals surface area (Å²) < 4.78 is 0. The maximum absolute atomic E-state index is 12.5. The summed E-state index contributed by atoms with van der Waals surface area (Å²) in [7, 11) is 0. The van der Waals surface area contributed by atoms with Crippen molar-refractivity contribution in [3.05, 3.63) is 48.2 Å². The number of nitrogens with one attached hydrogen (secondary N) is 1. The van der Waals surface area contributed by atoms with Gasteiger partial charge in [-0.25, -0.2) is 0 Å². The van der Waals surface area contributed by atoms with Gasteiger partial charge in [-0.3, -0.25) is 4.79 Å². The lowest BCUT2D eigenvalue weighted by Crippen LogP contribution is -2.48. The van der Waals surface area contributed by atoms with E-state index in [0.29, 0.717) is 18.8 Å². The number of likely N-dealkylation sites (tertiary alicyclic amines) is 1. The largest absolute Gasteiger partial charge is 0.388 e. The molecule has 4 heteroatoms. The molecule has 0 bridgehead atoms. The van der Waals surface area contributed by atoms with Crippen LogP contribution in [0.3, 0.4) is 0 Å². The second-order valence-corrected chi connectivity index (χ2v) is 5.98. The molecule has 0 saturated carbocycles. The van der Waals surface area contributed by atoms with Crippen LogP contribution in [0, 0.1) is 0 Å². The molecule has 1 atom stereocenters. The third-order valence-electron chi connectivity index (χ3n) is 3.96. The van der Waals surface area contributed by atoms with E-state index in [1.165, 1.54) is 0 Å². The SMILES string of the molecule is CC1(O)CCCN(C(=O)c2ccc(-c3ccccc3)[nH]2)C1. The van der Waals surface area contributed by atoms with Gasteiger partial charge in [0.15, 0.2) is 0 Å². The Kier molecular flexibility index (Phi) is 3.55. The van der Waals surface area contributed by atoms with Crippen molar-refractivity contribution in [1.29, 1.82) is 0 Å². The smallest absolute Gasteiger partial charge is 0.270 e. The minimum absolute atomic E-state index is 0.0443. The summed E-state index contributed by atoms with van der Waals surface area (Å²) in [5.74, 6) is -0.0443. The van der Waals surface area contributed by atoms with Gasteiger partial charge in [0, 0.05) is 18.8 Å². The molecule has 1 aromatic carbocycles. The van der Waals surface area contributed by atoms with Gasteiger partial charge in [-0.15, -0.1) is 0 Å². The summed E-state index contributed by atoms with van der Waals surface area (Å²) in [6, 6.07) is 13.7. The van der Waals surface area contributed by atoms with Crippen molar-refractivity contribution in [2.75, 3.05) is 13.1 Å². The summed E-state index contributed by atoms with van der Waals surface area (Å²) in [6.07, 6.45) is 1.59. The van der Waals surface area contributed by atoms with Crippen molar-refractivity contribution >= 4 is 5.91 Å². The molecule has 3 rings (SSSR count). The van der Waals surface area contributed by atoms with Crippen LogP contribution in [0.1, 0.15) is 30.3 Å². The molecular formula is C17H20N2O2. The summed E-state index contributed by atoms with van der Waals surface area (Å²) in [6.45, 7) is 2.89. The van der Waals surface area contributed by atoms with Gasteiger partial charge in [0.2, 0.25) is 0 Å². The van der Waals surface area contributed by atoms with E-state index in [4.69, 9.17) is 0 Å². The quantitative estimate of drug-likeness (QED) is 0.890. The maximum Gasteiger partial charge on any atom is 0.270 e. The second kappa shape index (κ2) is 5.37. The molecule has 21 heavy (non-hydrogen) atoms. The summed E-state index contributed by atoms with van der Waals surface area (Å²) in [4.78, 5) is 17.4. The first kappa shape index (κ1) is 13.9. The molecule has 1 unspecified atom stereocenters. The molecule has 1 amide bonds.